The number of hydrogen-bond acceptors (Lipinski definition) is 2. The molecule has 0 amide bonds. The third kappa shape index (κ3) is 2.42. The van der Waals surface area contributed by atoms with Crippen molar-refractivity contribution >= 4 is 22.6 Å². The first-order chi connectivity index (χ1) is 9.97. The maximum atomic E-state index is 9.13. The van der Waals surface area contributed by atoms with Crippen LogP contribution in [0.1, 0.15) is 50.4 Å². The van der Waals surface area contributed by atoms with Gasteiger partial charge in [0, 0.05) is 6.54 Å². The van der Waals surface area contributed by atoms with E-state index in [9.17, 15) is 0 Å². The molecule has 1 heterocycles. The van der Waals surface area contributed by atoms with E-state index in [1.165, 1.54) is 12.8 Å². The van der Waals surface area contributed by atoms with Crippen LogP contribution in [0, 0.1) is 22.7 Å². The zero-order valence-electron chi connectivity index (χ0n) is 12.7. The van der Waals surface area contributed by atoms with Gasteiger partial charge in [0.25, 0.3) is 0 Å². The first-order valence-electron chi connectivity index (χ1n) is 7.51. The van der Waals surface area contributed by atoms with Crippen molar-refractivity contribution in [1.29, 1.82) is 5.26 Å². The van der Waals surface area contributed by atoms with Gasteiger partial charge in [-0.3, -0.25) is 0 Å². The SMILES string of the molecule is CC(Cl)c1nc2ccc(C#N)cc2n1CC1(C(C)C)CC1. The number of alkyl halides is 1. The summed E-state index contributed by atoms with van der Waals surface area (Å²) in [5.41, 5.74) is 3.00. The number of halogens is 1. The van der Waals surface area contributed by atoms with E-state index in [-0.39, 0.29) is 5.38 Å². The molecule has 1 aromatic heterocycles. The van der Waals surface area contributed by atoms with Crippen molar-refractivity contribution in [2.24, 2.45) is 11.3 Å². The van der Waals surface area contributed by atoms with Gasteiger partial charge in [0.05, 0.1) is 28.0 Å². The molecule has 2 aromatic rings. The maximum absolute atomic E-state index is 9.13. The van der Waals surface area contributed by atoms with Gasteiger partial charge >= 0.3 is 0 Å². The summed E-state index contributed by atoms with van der Waals surface area (Å²) in [7, 11) is 0. The quantitative estimate of drug-likeness (QED) is 0.772. The van der Waals surface area contributed by atoms with Crippen LogP contribution in [0.25, 0.3) is 11.0 Å². The normalized spacial score (nSPS) is 17.9. The molecule has 0 aliphatic heterocycles. The number of aromatic nitrogens is 2. The number of nitrogens with zero attached hydrogens (tertiary/aromatic N) is 3. The number of imidazole rings is 1. The predicted octanol–water partition coefficient (Wildman–Crippen LogP) is 4.64. The molecule has 1 aromatic carbocycles. The third-order valence-corrected chi connectivity index (χ3v) is 5.05. The Kier molecular flexibility index (Phi) is 3.45. The van der Waals surface area contributed by atoms with E-state index in [1.54, 1.807) is 0 Å². The lowest BCUT2D eigenvalue weighted by Crippen LogP contribution is -2.19. The minimum absolute atomic E-state index is 0.133. The summed E-state index contributed by atoms with van der Waals surface area (Å²) in [5.74, 6) is 1.56. The number of nitriles is 1. The number of hydrogen-bond donors (Lipinski definition) is 0. The first-order valence-corrected chi connectivity index (χ1v) is 7.95. The van der Waals surface area contributed by atoms with Crippen LogP contribution >= 0.6 is 11.6 Å². The molecule has 0 radical (unpaired) electrons. The van der Waals surface area contributed by atoms with Crippen molar-refractivity contribution in [3.63, 3.8) is 0 Å². The molecule has 1 fully saturated rings. The van der Waals surface area contributed by atoms with Crippen LogP contribution < -0.4 is 0 Å². The maximum Gasteiger partial charge on any atom is 0.127 e. The highest BCUT2D eigenvalue weighted by molar-refractivity contribution is 6.20. The van der Waals surface area contributed by atoms with Gasteiger partial charge < -0.3 is 4.57 Å². The smallest absolute Gasteiger partial charge is 0.127 e. The van der Waals surface area contributed by atoms with Crippen molar-refractivity contribution in [1.82, 2.24) is 9.55 Å². The molecule has 0 bridgehead atoms. The Morgan fingerprint density at radius 2 is 2.10 bits per heavy atom. The fourth-order valence-corrected chi connectivity index (χ4v) is 3.24. The van der Waals surface area contributed by atoms with Gasteiger partial charge in [-0.05, 0) is 49.3 Å². The molecule has 0 N–H and O–H groups in total. The lowest BCUT2D eigenvalue weighted by molar-refractivity contribution is 0.308. The standard InChI is InChI=1S/C17H20ClN3/c1-11(2)17(6-7-17)10-21-15-8-13(9-19)4-5-14(15)20-16(21)12(3)18/h4-5,8,11-12H,6-7,10H2,1-3H3. The van der Waals surface area contributed by atoms with Crippen molar-refractivity contribution in [3.05, 3.63) is 29.6 Å². The van der Waals surface area contributed by atoms with Crippen molar-refractivity contribution < 1.29 is 0 Å². The molecule has 21 heavy (non-hydrogen) atoms. The summed E-state index contributed by atoms with van der Waals surface area (Å²) in [6.07, 6.45) is 2.52. The Morgan fingerprint density at radius 1 is 1.38 bits per heavy atom. The Morgan fingerprint density at radius 3 is 2.62 bits per heavy atom. The van der Waals surface area contributed by atoms with Gasteiger partial charge in [0.1, 0.15) is 5.82 Å². The fourth-order valence-electron chi connectivity index (χ4n) is 3.07. The molecule has 0 spiro atoms. The largest absolute Gasteiger partial charge is 0.326 e. The minimum Gasteiger partial charge on any atom is -0.326 e. The van der Waals surface area contributed by atoms with Crippen LogP contribution in [0.15, 0.2) is 18.2 Å². The van der Waals surface area contributed by atoms with Gasteiger partial charge in [-0.25, -0.2) is 4.98 Å². The second-order valence-corrected chi connectivity index (χ2v) is 7.16. The van der Waals surface area contributed by atoms with Crippen molar-refractivity contribution in [2.45, 2.75) is 45.5 Å². The molecule has 1 aliphatic carbocycles. The molecule has 1 atom stereocenters. The Balaban J connectivity index is 2.13. The van der Waals surface area contributed by atoms with Gasteiger partial charge in [0.15, 0.2) is 0 Å². The monoisotopic (exact) mass is 301 g/mol. The predicted molar refractivity (Wildman–Crippen MR) is 85.2 cm³/mol. The highest BCUT2D eigenvalue weighted by Crippen LogP contribution is 2.53. The van der Waals surface area contributed by atoms with E-state index in [1.807, 2.05) is 25.1 Å². The third-order valence-electron chi connectivity index (χ3n) is 4.85. The van der Waals surface area contributed by atoms with Crippen LogP contribution in [0.5, 0.6) is 0 Å². The fraction of sp³-hybridized carbons (Fsp3) is 0.529. The molecule has 1 unspecified atom stereocenters. The van der Waals surface area contributed by atoms with Crippen LogP contribution in [-0.4, -0.2) is 9.55 Å². The average molecular weight is 302 g/mol. The summed E-state index contributed by atoms with van der Waals surface area (Å²) in [4.78, 5) is 4.68. The summed E-state index contributed by atoms with van der Waals surface area (Å²) in [6.45, 7) is 7.48. The molecule has 110 valence electrons. The van der Waals surface area contributed by atoms with E-state index in [2.05, 4.69) is 29.5 Å². The first kappa shape index (κ1) is 14.4. The van der Waals surface area contributed by atoms with Gasteiger partial charge in [-0.2, -0.15) is 5.26 Å². The molecule has 4 heteroatoms. The van der Waals surface area contributed by atoms with Crippen molar-refractivity contribution in [3.8, 4) is 6.07 Å². The zero-order chi connectivity index (χ0) is 15.2. The zero-order valence-corrected chi connectivity index (χ0v) is 13.5. The van der Waals surface area contributed by atoms with Crippen LogP contribution in [0.3, 0.4) is 0 Å². The van der Waals surface area contributed by atoms with Gasteiger partial charge in [0.2, 0.25) is 0 Å². The lowest BCUT2D eigenvalue weighted by Gasteiger charge is -2.22. The van der Waals surface area contributed by atoms with Gasteiger partial charge in [-0.1, -0.05) is 13.8 Å². The lowest BCUT2D eigenvalue weighted by atomic mass is 9.92. The minimum atomic E-state index is -0.133. The van der Waals surface area contributed by atoms with Crippen LogP contribution in [0.4, 0.5) is 0 Å². The average Bonchev–Trinajstić information content (AvgIpc) is 3.15. The van der Waals surface area contributed by atoms with Gasteiger partial charge in [-0.15, -0.1) is 11.6 Å². The van der Waals surface area contributed by atoms with E-state index in [0.29, 0.717) is 16.9 Å². The number of benzene rings is 1. The van der Waals surface area contributed by atoms with Crippen molar-refractivity contribution in [2.75, 3.05) is 0 Å². The second kappa shape index (κ2) is 5.03. The summed E-state index contributed by atoms with van der Waals surface area (Å²) >= 11 is 6.33. The molecule has 3 nitrogen and oxygen atoms in total. The highest BCUT2D eigenvalue weighted by atomic mass is 35.5. The molecule has 0 saturated heterocycles. The number of fused-ring (bicyclic) bond motifs is 1. The second-order valence-electron chi connectivity index (χ2n) is 6.50. The van der Waals surface area contributed by atoms with E-state index < -0.39 is 0 Å². The molecular weight excluding hydrogens is 282 g/mol. The number of rotatable bonds is 4. The van der Waals surface area contributed by atoms with E-state index in [4.69, 9.17) is 16.9 Å². The Hall–Kier alpha value is -1.53. The van der Waals surface area contributed by atoms with Crippen LogP contribution in [0.2, 0.25) is 0 Å². The highest BCUT2D eigenvalue weighted by Gasteiger charge is 2.46. The summed E-state index contributed by atoms with van der Waals surface area (Å²) in [5, 5.41) is 9.00. The Bertz CT molecular complexity index is 717. The molecular formula is C17H20ClN3. The van der Waals surface area contributed by atoms with E-state index in [0.717, 1.165) is 23.4 Å². The molecule has 1 saturated carbocycles. The molecule has 3 rings (SSSR count). The van der Waals surface area contributed by atoms with E-state index >= 15 is 0 Å². The summed E-state index contributed by atoms with van der Waals surface area (Å²) in [6, 6.07) is 7.88. The van der Waals surface area contributed by atoms with Crippen LogP contribution in [-0.2, 0) is 6.54 Å². The topological polar surface area (TPSA) is 41.6 Å². The summed E-state index contributed by atoms with van der Waals surface area (Å²) < 4.78 is 2.24. The Labute approximate surface area is 130 Å². The molecule has 1 aliphatic rings.